The minimum Gasteiger partial charge on any atom is -0.508 e. The molecule has 146 valence electrons. The highest BCUT2D eigenvalue weighted by Crippen LogP contribution is 2.29. The molecule has 0 aliphatic heterocycles. The lowest BCUT2D eigenvalue weighted by atomic mass is 9.80. The van der Waals surface area contributed by atoms with Gasteiger partial charge < -0.3 is 19.9 Å². The number of phenolic OH excluding ortho intramolecular Hbond substituents is 1. The largest absolute Gasteiger partial charge is 0.508 e. The summed E-state index contributed by atoms with van der Waals surface area (Å²) in [5, 5.41) is 26.8. The minimum atomic E-state index is -4.45. The van der Waals surface area contributed by atoms with Gasteiger partial charge in [0.25, 0.3) is 0 Å². The van der Waals surface area contributed by atoms with Gasteiger partial charge in [-0.3, -0.25) is 0 Å². The average molecular weight is 456 g/mol. The van der Waals surface area contributed by atoms with Crippen LogP contribution in [0.25, 0.3) is 0 Å². The van der Waals surface area contributed by atoms with E-state index < -0.39 is 18.9 Å². The zero-order chi connectivity index (χ0) is 20.7. The number of ether oxygens (including phenoxy) is 1. The Hall–Kier alpha value is -2.56. The SMILES string of the molecule is OB(O)c1cccc(Oc2ccc(C(F)(F)F)cn2)c1.Oc1cccc(Br)c1. The molecule has 1 aromatic heterocycles. The van der Waals surface area contributed by atoms with Gasteiger partial charge in [0.15, 0.2) is 0 Å². The maximum atomic E-state index is 12.4. The van der Waals surface area contributed by atoms with E-state index in [-0.39, 0.29) is 17.1 Å². The molecule has 10 heteroatoms. The second-order valence-corrected chi connectivity index (χ2v) is 6.33. The Bertz CT molecular complexity index is 891. The predicted molar refractivity (Wildman–Crippen MR) is 101 cm³/mol. The van der Waals surface area contributed by atoms with Gasteiger partial charge in [-0.25, -0.2) is 4.98 Å². The molecule has 0 spiro atoms. The number of nitrogens with zero attached hydrogens (tertiary/aromatic N) is 1. The fourth-order valence-corrected chi connectivity index (χ4v) is 2.33. The maximum Gasteiger partial charge on any atom is 0.488 e. The number of rotatable bonds is 3. The number of hydrogen-bond acceptors (Lipinski definition) is 5. The number of halogens is 4. The van der Waals surface area contributed by atoms with Gasteiger partial charge in [-0.05, 0) is 41.9 Å². The van der Waals surface area contributed by atoms with Crippen molar-refractivity contribution < 1.29 is 33.1 Å². The predicted octanol–water partition coefficient (Wildman–Crippen LogP) is 3.73. The number of alkyl halides is 3. The molecule has 3 aromatic rings. The monoisotopic (exact) mass is 455 g/mol. The van der Waals surface area contributed by atoms with Crippen LogP contribution in [0.15, 0.2) is 71.3 Å². The zero-order valence-corrected chi connectivity index (χ0v) is 15.7. The lowest BCUT2D eigenvalue weighted by Crippen LogP contribution is -2.29. The van der Waals surface area contributed by atoms with Crippen molar-refractivity contribution in [1.29, 1.82) is 0 Å². The van der Waals surface area contributed by atoms with Crippen molar-refractivity contribution in [2.24, 2.45) is 0 Å². The fourth-order valence-electron chi connectivity index (χ4n) is 1.94. The van der Waals surface area contributed by atoms with Gasteiger partial charge >= 0.3 is 13.3 Å². The Morgan fingerprint density at radius 3 is 2.18 bits per heavy atom. The third-order valence-corrected chi connectivity index (χ3v) is 3.74. The van der Waals surface area contributed by atoms with Crippen LogP contribution in [0.4, 0.5) is 13.2 Å². The molecular weight excluding hydrogens is 442 g/mol. The van der Waals surface area contributed by atoms with Crippen LogP contribution in [0.1, 0.15) is 5.56 Å². The minimum absolute atomic E-state index is 0.0254. The van der Waals surface area contributed by atoms with Crippen molar-refractivity contribution in [3.8, 4) is 17.4 Å². The molecule has 0 bridgehead atoms. The van der Waals surface area contributed by atoms with Crippen LogP contribution >= 0.6 is 15.9 Å². The van der Waals surface area contributed by atoms with Crippen molar-refractivity contribution in [2.45, 2.75) is 6.18 Å². The Labute approximate surface area is 167 Å². The average Bonchev–Trinajstić information content (AvgIpc) is 2.62. The van der Waals surface area contributed by atoms with E-state index in [0.717, 1.165) is 16.6 Å². The number of pyridine rings is 1. The van der Waals surface area contributed by atoms with Crippen LogP contribution in [-0.4, -0.2) is 27.3 Å². The first-order chi connectivity index (χ1) is 13.1. The summed E-state index contributed by atoms with van der Waals surface area (Å²) in [6.45, 7) is 0. The molecule has 0 saturated carbocycles. The highest BCUT2D eigenvalue weighted by Gasteiger charge is 2.30. The Morgan fingerprint density at radius 1 is 0.964 bits per heavy atom. The number of hydrogen-bond donors (Lipinski definition) is 3. The summed E-state index contributed by atoms with van der Waals surface area (Å²) in [6, 6.07) is 14.7. The van der Waals surface area contributed by atoms with E-state index in [1.165, 1.54) is 24.3 Å². The normalized spacial score (nSPS) is 10.6. The van der Waals surface area contributed by atoms with Crippen molar-refractivity contribution in [3.63, 3.8) is 0 Å². The summed E-state index contributed by atoms with van der Waals surface area (Å²) in [7, 11) is -1.65. The first-order valence-electron chi connectivity index (χ1n) is 7.77. The van der Waals surface area contributed by atoms with Crippen LogP contribution in [-0.2, 0) is 6.18 Å². The maximum absolute atomic E-state index is 12.4. The number of phenols is 1. The first-order valence-corrected chi connectivity index (χ1v) is 8.56. The quantitative estimate of drug-likeness (QED) is 0.524. The molecule has 3 N–H and O–H groups in total. The standard InChI is InChI=1S/C12H9BF3NO3.C6H5BrO/c14-12(15,16)8-4-5-11(17-7-8)20-10-3-1-2-9(6-10)13(18)19;7-5-2-1-3-6(8)4-5/h1-7,18-19H;1-4,8H. The lowest BCUT2D eigenvalue weighted by Gasteiger charge is -2.08. The van der Waals surface area contributed by atoms with Crippen LogP contribution < -0.4 is 10.2 Å². The first kappa shape index (κ1) is 21.7. The molecule has 1 heterocycles. The van der Waals surface area contributed by atoms with E-state index in [1.807, 2.05) is 6.07 Å². The van der Waals surface area contributed by atoms with E-state index in [1.54, 1.807) is 18.2 Å². The highest BCUT2D eigenvalue weighted by molar-refractivity contribution is 9.10. The summed E-state index contributed by atoms with van der Waals surface area (Å²) in [5.41, 5.74) is -0.668. The molecule has 28 heavy (non-hydrogen) atoms. The Morgan fingerprint density at radius 2 is 1.68 bits per heavy atom. The van der Waals surface area contributed by atoms with Crippen molar-refractivity contribution in [2.75, 3.05) is 0 Å². The smallest absolute Gasteiger partial charge is 0.488 e. The van der Waals surface area contributed by atoms with Crippen LogP contribution in [0.5, 0.6) is 17.4 Å². The molecular formula is C18H14BBrF3NO4. The van der Waals surface area contributed by atoms with E-state index >= 15 is 0 Å². The van der Waals surface area contributed by atoms with E-state index in [9.17, 15) is 13.2 Å². The molecule has 0 aliphatic rings. The van der Waals surface area contributed by atoms with Gasteiger partial charge in [-0.1, -0.05) is 34.1 Å². The van der Waals surface area contributed by atoms with Gasteiger partial charge in [0.05, 0.1) is 5.56 Å². The molecule has 0 atom stereocenters. The summed E-state index contributed by atoms with van der Waals surface area (Å²) in [6.07, 6.45) is -3.79. The van der Waals surface area contributed by atoms with Gasteiger partial charge in [0, 0.05) is 16.7 Å². The zero-order valence-electron chi connectivity index (χ0n) is 14.1. The lowest BCUT2D eigenvalue weighted by molar-refractivity contribution is -0.137. The molecule has 2 aromatic carbocycles. The van der Waals surface area contributed by atoms with Crippen molar-refractivity contribution in [3.05, 3.63) is 76.9 Å². The molecule has 0 aliphatic carbocycles. The summed E-state index contributed by atoms with van der Waals surface area (Å²) in [4.78, 5) is 3.55. The van der Waals surface area contributed by atoms with Crippen LogP contribution in [0.2, 0.25) is 0 Å². The third kappa shape index (κ3) is 6.88. The third-order valence-electron chi connectivity index (χ3n) is 3.25. The topological polar surface area (TPSA) is 82.8 Å². The van der Waals surface area contributed by atoms with Crippen LogP contribution in [0, 0.1) is 0 Å². The van der Waals surface area contributed by atoms with Gasteiger partial charge in [-0.15, -0.1) is 0 Å². The fraction of sp³-hybridized carbons (Fsp3) is 0.0556. The summed E-state index contributed by atoms with van der Waals surface area (Å²) >= 11 is 3.20. The van der Waals surface area contributed by atoms with Gasteiger partial charge in [-0.2, -0.15) is 13.2 Å². The number of aromatic hydroxyl groups is 1. The molecule has 0 saturated heterocycles. The Kier molecular flexibility index (Phi) is 7.44. The number of aromatic nitrogens is 1. The molecule has 0 unspecified atom stereocenters. The molecule has 5 nitrogen and oxygen atoms in total. The Balaban J connectivity index is 0.000000292. The van der Waals surface area contributed by atoms with Gasteiger partial charge in [0.1, 0.15) is 11.5 Å². The van der Waals surface area contributed by atoms with Crippen molar-refractivity contribution in [1.82, 2.24) is 4.98 Å². The molecule has 0 amide bonds. The second-order valence-electron chi connectivity index (χ2n) is 5.41. The van der Waals surface area contributed by atoms with Crippen molar-refractivity contribution >= 4 is 28.5 Å². The molecule has 3 rings (SSSR count). The molecule has 0 fully saturated rings. The second kappa shape index (κ2) is 9.58. The highest BCUT2D eigenvalue weighted by atomic mass is 79.9. The van der Waals surface area contributed by atoms with E-state index in [4.69, 9.17) is 19.9 Å². The van der Waals surface area contributed by atoms with E-state index in [2.05, 4.69) is 20.9 Å². The summed E-state index contributed by atoms with van der Waals surface area (Å²) < 4.78 is 43.2. The summed E-state index contributed by atoms with van der Waals surface area (Å²) in [5.74, 6) is 0.504. The van der Waals surface area contributed by atoms with E-state index in [0.29, 0.717) is 11.9 Å². The van der Waals surface area contributed by atoms with Gasteiger partial charge in [0.2, 0.25) is 5.88 Å². The van der Waals surface area contributed by atoms with Crippen LogP contribution in [0.3, 0.4) is 0 Å². The molecule has 0 radical (unpaired) electrons. The number of benzene rings is 2.